The average Bonchev–Trinajstić information content (AvgIpc) is 3.09. The maximum Gasteiger partial charge on any atom is 0.309 e. The minimum absolute atomic E-state index is 0.0746. The van der Waals surface area contributed by atoms with Crippen LogP contribution in [0, 0.1) is 0 Å². The van der Waals surface area contributed by atoms with Crippen LogP contribution in [0.3, 0.4) is 0 Å². The van der Waals surface area contributed by atoms with Crippen molar-refractivity contribution >= 4 is 17.3 Å². The van der Waals surface area contributed by atoms with Gasteiger partial charge in [0.2, 0.25) is 0 Å². The number of carboxylic acid groups (broad SMARTS) is 1. The molecule has 4 rings (SSSR count). The second kappa shape index (κ2) is 7.96. The van der Waals surface area contributed by atoms with Crippen molar-refractivity contribution in [2.75, 3.05) is 4.90 Å². The van der Waals surface area contributed by atoms with Gasteiger partial charge in [-0.15, -0.1) is 0 Å². The Labute approximate surface area is 163 Å². The molecule has 0 aliphatic rings. The number of benzene rings is 2. The van der Waals surface area contributed by atoms with E-state index >= 15 is 0 Å². The lowest BCUT2D eigenvalue weighted by Gasteiger charge is -2.25. The van der Waals surface area contributed by atoms with E-state index in [1.54, 1.807) is 6.20 Å². The summed E-state index contributed by atoms with van der Waals surface area (Å²) in [6.07, 6.45) is 3.73. The van der Waals surface area contributed by atoms with Crippen molar-refractivity contribution < 1.29 is 9.90 Å². The molecule has 0 unspecified atom stereocenters. The summed E-state index contributed by atoms with van der Waals surface area (Å²) >= 11 is 0. The molecule has 0 saturated heterocycles. The average molecular weight is 371 g/mol. The highest BCUT2D eigenvalue weighted by atomic mass is 16.4. The molecule has 0 amide bonds. The van der Waals surface area contributed by atoms with Gasteiger partial charge in [-0.05, 0) is 23.3 Å². The number of hydrogen-bond acceptors (Lipinski definition) is 3. The first kappa shape index (κ1) is 17.8. The van der Waals surface area contributed by atoms with E-state index in [9.17, 15) is 4.79 Å². The van der Waals surface area contributed by atoms with Crippen LogP contribution in [-0.4, -0.2) is 20.5 Å². The van der Waals surface area contributed by atoms with Crippen LogP contribution in [0.15, 0.2) is 85.2 Å². The number of fused-ring (bicyclic) bond motifs is 1. The predicted molar refractivity (Wildman–Crippen MR) is 109 cm³/mol. The normalized spacial score (nSPS) is 10.9. The highest BCUT2D eigenvalue weighted by Gasteiger charge is 2.11. The number of aliphatic carboxylic acids is 1. The van der Waals surface area contributed by atoms with Gasteiger partial charge in [0.15, 0.2) is 0 Å². The Balaban J connectivity index is 1.67. The standard InChI is InChI=1S/C23H21N3O2/c27-23(28)13-20-16-26-17-21(11-12-22(26)24-20)25(14-18-7-3-1-4-8-18)15-19-9-5-2-6-10-19/h1-12,16-17H,13-15H2,(H,27,28). The van der Waals surface area contributed by atoms with Gasteiger partial charge in [-0.3, -0.25) is 4.79 Å². The summed E-state index contributed by atoms with van der Waals surface area (Å²) in [6, 6.07) is 24.7. The summed E-state index contributed by atoms with van der Waals surface area (Å²) in [5.41, 5.74) is 4.83. The smallest absolute Gasteiger partial charge is 0.309 e. The molecule has 2 aromatic heterocycles. The molecule has 0 radical (unpaired) electrons. The predicted octanol–water partition coefficient (Wildman–Crippen LogP) is 4.17. The summed E-state index contributed by atoms with van der Waals surface area (Å²) in [5.74, 6) is -0.876. The van der Waals surface area contributed by atoms with E-state index in [0.717, 1.165) is 24.4 Å². The second-order valence-corrected chi connectivity index (χ2v) is 6.78. The minimum Gasteiger partial charge on any atom is -0.481 e. The molecule has 0 aliphatic heterocycles. The molecule has 5 nitrogen and oxygen atoms in total. The van der Waals surface area contributed by atoms with E-state index in [2.05, 4.69) is 34.1 Å². The summed E-state index contributed by atoms with van der Waals surface area (Å²) in [6.45, 7) is 1.55. The molecule has 140 valence electrons. The lowest BCUT2D eigenvalue weighted by Crippen LogP contribution is -2.22. The van der Waals surface area contributed by atoms with Crippen LogP contribution in [0.4, 0.5) is 5.69 Å². The topological polar surface area (TPSA) is 57.8 Å². The van der Waals surface area contributed by atoms with Gasteiger partial charge >= 0.3 is 5.97 Å². The van der Waals surface area contributed by atoms with Gasteiger partial charge in [0.1, 0.15) is 5.65 Å². The number of pyridine rings is 1. The first-order chi connectivity index (χ1) is 13.7. The summed E-state index contributed by atoms with van der Waals surface area (Å²) in [5, 5.41) is 9.01. The third-order valence-electron chi connectivity index (χ3n) is 4.62. The molecule has 28 heavy (non-hydrogen) atoms. The maximum atomic E-state index is 11.0. The van der Waals surface area contributed by atoms with Gasteiger partial charge in [-0.2, -0.15) is 0 Å². The van der Waals surface area contributed by atoms with E-state index in [-0.39, 0.29) is 6.42 Å². The quantitative estimate of drug-likeness (QED) is 0.530. The van der Waals surface area contributed by atoms with Crippen molar-refractivity contribution in [3.05, 3.63) is 102 Å². The first-order valence-corrected chi connectivity index (χ1v) is 9.19. The van der Waals surface area contributed by atoms with Crippen molar-refractivity contribution in [2.45, 2.75) is 19.5 Å². The van der Waals surface area contributed by atoms with E-state index in [1.165, 1.54) is 11.1 Å². The van der Waals surface area contributed by atoms with Crippen molar-refractivity contribution in [3.8, 4) is 0 Å². The highest BCUT2D eigenvalue weighted by Crippen LogP contribution is 2.21. The largest absolute Gasteiger partial charge is 0.481 e. The fourth-order valence-electron chi connectivity index (χ4n) is 3.31. The van der Waals surface area contributed by atoms with Crippen LogP contribution < -0.4 is 4.90 Å². The molecule has 0 aliphatic carbocycles. The van der Waals surface area contributed by atoms with E-state index < -0.39 is 5.97 Å². The zero-order valence-electron chi connectivity index (χ0n) is 15.4. The third kappa shape index (κ3) is 4.20. The lowest BCUT2D eigenvalue weighted by atomic mass is 10.1. The van der Waals surface area contributed by atoms with Crippen LogP contribution in [0.1, 0.15) is 16.8 Å². The van der Waals surface area contributed by atoms with Crippen molar-refractivity contribution in [1.82, 2.24) is 9.38 Å². The van der Waals surface area contributed by atoms with Crippen molar-refractivity contribution in [3.63, 3.8) is 0 Å². The van der Waals surface area contributed by atoms with Crippen LogP contribution >= 0.6 is 0 Å². The van der Waals surface area contributed by atoms with E-state index in [4.69, 9.17) is 5.11 Å². The Morgan fingerprint density at radius 3 is 2.04 bits per heavy atom. The maximum absolute atomic E-state index is 11.0. The Morgan fingerprint density at radius 1 is 0.857 bits per heavy atom. The molecule has 1 N–H and O–H groups in total. The highest BCUT2D eigenvalue weighted by molar-refractivity contribution is 5.70. The number of imidazole rings is 1. The van der Waals surface area contributed by atoms with Gasteiger partial charge in [0.25, 0.3) is 0 Å². The molecule has 2 heterocycles. The lowest BCUT2D eigenvalue weighted by molar-refractivity contribution is -0.136. The number of anilines is 1. The van der Waals surface area contributed by atoms with Crippen LogP contribution in [0.5, 0.6) is 0 Å². The number of hydrogen-bond donors (Lipinski definition) is 1. The van der Waals surface area contributed by atoms with Crippen molar-refractivity contribution in [1.29, 1.82) is 0 Å². The first-order valence-electron chi connectivity index (χ1n) is 9.19. The summed E-state index contributed by atoms with van der Waals surface area (Å²) < 4.78 is 1.90. The number of carboxylic acids is 1. The number of aromatic nitrogens is 2. The van der Waals surface area contributed by atoms with Crippen LogP contribution in [0.25, 0.3) is 5.65 Å². The van der Waals surface area contributed by atoms with Gasteiger partial charge < -0.3 is 14.4 Å². The minimum atomic E-state index is -0.876. The molecule has 0 bridgehead atoms. The molecular weight excluding hydrogens is 350 g/mol. The summed E-state index contributed by atoms with van der Waals surface area (Å²) in [4.78, 5) is 17.7. The molecule has 0 saturated carbocycles. The fraction of sp³-hybridized carbons (Fsp3) is 0.130. The summed E-state index contributed by atoms with van der Waals surface area (Å²) in [7, 11) is 0. The molecular formula is C23H21N3O2. The third-order valence-corrected chi connectivity index (χ3v) is 4.62. The van der Waals surface area contributed by atoms with Gasteiger partial charge in [0, 0.05) is 25.5 Å². The second-order valence-electron chi connectivity index (χ2n) is 6.78. The van der Waals surface area contributed by atoms with E-state index in [1.807, 2.05) is 59.1 Å². The number of rotatable bonds is 7. The van der Waals surface area contributed by atoms with Crippen LogP contribution in [0.2, 0.25) is 0 Å². The van der Waals surface area contributed by atoms with Gasteiger partial charge in [-0.25, -0.2) is 4.98 Å². The molecule has 2 aromatic carbocycles. The SMILES string of the molecule is O=C(O)Cc1cn2cc(N(Cc3ccccc3)Cc3ccccc3)ccc2n1. The number of nitrogens with zero attached hydrogens (tertiary/aromatic N) is 3. The zero-order valence-corrected chi connectivity index (χ0v) is 15.4. The molecule has 4 aromatic rings. The Kier molecular flexibility index (Phi) is 5.06. The Bertz CT molecular complexity index is 1030. The molecule has 5 heteroatoms. The van der Waals surface area contributed by atoms with Gasteiger partial charge in [-0.1, -0.05) is 60.7 Å². The fourth-order valence-corrected chi connectivity index (χ4v) is 3.31. The molecule has 0 atom stereocenters. The Hall–Kier alpha value is -3.60. The van der Waals surface area contributed by atoms with Crippen LogP contribution in [-0.2, 0) is 24.3 Å². The molecule has 0 fully saturated rings. The molecule has 0 spiro atoms. The van der Waals surface area contributed by atoms with E-state index in [0.29, 0.717) is 5.69 Å². The van der Waals surface area contributed by atoms with Crippen molar-refractivity contribution in [2.24, 2.45) is 0 Å². The zero-order chi connectivity index (χ0) is 19.3. The Morgan fingerprint density at radius 2 is 1.46 bits per heavy atom. The monoisotopic (exact) mass is 371 g/mol. The number of carbonyl (C=O) groups is 1. The van der Waals surface area contributed by atoms with Gasteiger partial charge in [0.05, 0.1) is 17.8 Å².